The topological polar surface area (TPSA) is 91.0 Å². The van der Waals surface area contributed by atoms with Crippen LogP contribution in [0, 0.1) is 0 Å². The molecule has 1 N–H and O–H groups in total. The van der Waals surface area contributed by atoms with Gasteiger partial charge in [0.25, 0.3) is 6.01 Å². The second-order valence-corrected chi connectivity index (χ2v) is 9.12. The molecule has 6 rings (SSSR count). The molecule has 0 saturated carbocycles. The van der Waals surface area contributed by atoms with Gasteiger partial charge < -0.3 is 28.7 Å². The third-order valence-corrected chi connectivity index (χ3v) is 6.78. The maximum absolute atomic E-state index is 6.56. The number of nitrogens with one attached hydrogen (secondary N) is 1. The van der Waals surface area contributed by atoms with Crippen molar-refractivity contribution >= 4 is 22.8 Å². The Bertz CT molecular complexity index is 1130. The molecule has 3 aliphatic rings. The monoisotopic (exact) mass is 486 g/mol. The molecule has 0 aliphatic carbocycles. The number of nitrogens with zero attached hydrogens (tertiary/aromatic N) is 3. The Morgan fingerprint density at radius 3 is 2.79 bits per heavy atom. The van der Waals surface area contributed by atoms with E-state index in [1.54, 1.807) is 0 Å². The van der Waals surface area contributed by atoms with E-state index in [4.69, 9.17) is 35.3 Å². The quantitative estimate of drug-likeness (QED) is 0.545. The highest BCUT2D eigenvalue weighted by Crippen LogP contribution is 2.32. The SMILES string of the molecule is Clc1cc2[nH]c(OC3CO[C@@H]4CCO[C@H]34)nc2nc1-c1ccc(OCCN2CCOCC2)cc1. The third-order valence-electron chi connectivity index (χ3n) is 6.50. The number of hydrogen-bond acceptors (Lipinski definition) is 8. The number of morpholine rings is 1. The standard InChI is InChI=1S/C24H27ClN4O5/c25-17-13-18-23(28-24(26-18)34-20-14-33-19-5-9-32-22(19)20)27-21(17)15-1-3-16(4-2-15)31-12-8-29-6-10-30-11-7-29/h1-4,13,19-20,22H,5-12,14H2,(H,26,27,28)/t19-,20?,22+/m1/s1. The molecule has 2 aromatic heterocycles. The van der Waals surface area contributed by atoms with Crippen molar-refractivity contribution in [3.63, 3.8) is 0 Å². The summed E-state index contributed by atoms with van der Waals surface area (Å²) in [6.45, 7) is 6.22. The first-order chi connectivity index (χ1) is 16.7. The first-order valence-corrected chi connectivity index (χ1v) is 12.1. The third kappa shape index (κ3) is 4.58. The van der Waals surface area contributed by atoms with Gasteiger partial charge in [0.2, 0.25) is 0 Å². The molecule has 0 spiro atoms. The van der Waals surface area contributed by atoms with Crippen LogP contribution in [-0.2, 0) is 14.2 Å². The van der Waals surface area contributed by atoms with Crippen molar-refractivity contribution in [3.05, 3.63) is 35.4 Å². The number of fused-ring (bicyclic) bond motifs is 2. The minimum atomic E-state index is -0.182. The first kappa shape index (κ1) is 22.1. The van der Waals surface area contributed by atoms with Gasteiger partial charge in [0.05, 0.1) is 42.2 Å². The molecule has 0 radical (unpaired) electrons. The van der Waals surface area contributed by atoms with Crippen LogP contribution in [0.1, 0.15) is 6.42 Å². The van der Waals surface area contributed by atoms with Gasteiger partial charge in [-0.05, 0) is 36.8 Å². The number of aromatic nitrogens is 3. The molecular formula is C24H27ClN4O5. The Balaban J connectivity index is 1.12. The zero-order valence-electron chi connectivity index (χ0n) is 18.7. The van der Waals surface area contributed by atoms with Crippen molar-refractivity contribution in [2.45, 2.75) is 24.7 Å². The molecule has 3 atom stereocenters. The fourth-order valence-electron chi connectivity index (χ4n) is 4.65. The predicted molar refractivity (Wildman–Crippen MR) is 126 cm³/mol. The number of halogens is 1. The van der Waals surface area contributed by atoms with Gasteiger partial charge in [0.1, 0.15) is 18.5 Å². The van der Waals surface area contributed by atoms with E-state index in [0.717, 1.165) is 56.1 Å². The smallest absolute Gasteiger partial charge is 0.296 e. The Kier molecular flexibility index (Phi) is 6.28. The summed E-state index contributed by atoms with van der Waals surface area (Å²) in [6, 6.07) is 10.0. The zero-order valence-corrected chi connectivity index (χ0v) is 19.5. The molecular weight excluding hydrogens is 460 g/mol. The van der Waals surface area contributed by atoms with Gasteiger partial charge >= 0.3 is 0 Å². The number of pyridine rings is 1. The average molecular weight is 487 g/mol. The van der Waals surface area contributed by atoms with Crippen LogP contribution < -0.4 is 9.47 Å². The minimum absolute atomic E-state index is 0.0464. The lowest BCUT2D eigenvalue weighted by Crippen LogP contribution is -2.38. The number of imidazole rings is 1. The highest BCUT2D eigenvalue weighted by atomic mass is 35.5. The Morgan fingerprint density at radius 1 is 1.09 bits per heavy atom. The fourth-order valence-corrected chi connectivity index (χ4v) is 4.92. The minimum Gasteiger partial charge on any atom is -0.492 e. The summed E-state index contributed by atoms with van der Waals surface area (Å²) in [5, 5.41) is 0.534. The summed E-state index contributed by atoms with van der Waals surface area (Å²) in [4.78, 5) is 14.7. The Hall–Kier alpha value is -2.43. The van der Waals surface area contributed by atoms with Crippen LogP contribution in [0.25, 0.3) is 22.4 Å². The molecule has 0 amide bonds. The van der Waals surface area contributed by atoms with E-state index in [1.165, 1.54) is 0 Å². The number of H-pyrrole nitrogens is 1. The lowest BCUT2D eigenvalue weighted by Gasteiger charge is -2.26. The zero-order chi connectivity index (χ0) is 22.9. The van der Waals surface area contributed by atoms with Crippen LogP contribution in [0.3, 0.4) is 0 Å². The average Bonchev–Trinajstić information content (AvgIpc) is 3.57. The Morgan fingerprint density at radius 2 is 1.94 bits per heavy atom. The van der Waals surface area contributed by atoms with Gasteiger partial charge in [-0.3, -0.25) is 4.90 Å². The highest BCUT2D eigenvalue weighted by molar-refractivity contribution is 6.33. The number of rotatable bonds is 7. The van der Waals surface area contributed by atoms with Gasteiger partial charge in [-0.2, -0.15) is 4.98 Å². The van der Waals surface area contributed by atoms with E-state index in [0.29, 0.717) is 42.2 Å². The van der Waals surface area contributed by atoms with Crippen molar-refractivity contribution in [3.8, 4) is 23.0 Å². The van der Waals surface area contributed by atoms with Gasteiger partial charge in [-0.15, -0.1) is 0 Å². The van der Waals surface area contributed by atoms with Crippen molar-refractivity contribution in [2.24, 2.45) is 0 Å². The van der Waals surface area contributed by atoms with E-state index < -0.39 is 0 Å². The van der Waals surface area contributed by atoms with Gasteiger partial charge in [0, 0.05) is 31.8 Å². The van der Waals surface area contributed by atoms with E-state index in [2.05, 4.69) is 19.9 Å². The summed E-state index contributed by atoms with van der Waals surface area (Å²) in [6.07, 6.45) is 0.789. The van der Waals surface area contributed by atoms with Crippen molar-refractivity contribution in [1.82, 2.24) is 19.9 Å². The van der Waals surface area contributed by atoms with E-state index in [9.17, 15) is 0 Å². The summed E-state index contributed by atoms with van der Waals surface area (Å²) in [7, 11) is 0. The lowest BCUT2D eigenvalue weighted by atomic mass is 10.1. The van der Waals surface area contributed by atoms with Crippen LogP contribution in [0.15, 0.2) is 30.3 Å². The Labute approximate surface area is 202 Å². The second-order valence-electron chi connectivity index (χ2n) is 8.71. The summed E-state index contributed by atoms with van der Waals surface area (Å²) < 4.78 is 28.8. The normalized spacial score (nSPS) is 25.0. The molecule has 3 saturated heterocycles. The van der Waals surface area contributed by atoms with Crippen LogP contribution in [0.4, 0.5) is 0 Å². The molecule has 9 nitrogen and oxygen atoms in total. The molecule has 5 heterocycles. The molecule has 10 heteroatoms. The molecule has 180 valence electrons. The van der Waals surface area contributed by atoms with Crippen LogP contribution in [0.2, 0.25) is 5.02 Å². The second kappa shape index (κ2) is 9.67. The van der Waals surface area contributed by atoms with Gasteiger partial charge in [-0.1, -0.05) is 11.6 Å². The molecule has 34 heavy (non-hydrogen) atoms. The predicted octanol–water partition coefficient (Wildman–Crippen LogP) is 2.92. The number of benzene rings is 1. The van der Waals surface area contributed by atoms with Crippen LogP contribution in [0.5, 0.6) is 11.8 Å². The maximum atomic E-state index is 6.56. The van der Waals surface area contributed by atoms with Crippen molar-refractivity contribution < 1.29 is 23.7 Å². The summed E-state index contributed by atoms with van der Waals surface area (Å²) in [5.74, 6) is 0.816. The van der Waals surface area contributed by atoms with E-state index in [-0.39, 0.29) is 18.3 Å². The van der Waals surface area contributed by atoms with Crippen molar-refractivity contribution in [2.75, 3.05) is 52.7 Å². The lowest BCUT2D eigenvalue weighted by molar-refractivity contribution is 0.0273. The summed E-state index contributed by atoms with van der Waals surface area (Å²) >= 11 is 6.56. The highest BCUT2D eigenvalue weighted by Gasteiger charge is 2.43. The van der Waals surface area contributed by atoms with E-state index in [1.807, 2.05) is 30.3 Å². The summed E-state index contributed by atoms with van der Waals surface area (Å²) in [5.41, 5.74) is 2.82. The molecule has 1 unspecified atom stereocenters. The molecule has 0 bridgehead atoms. The van der Waals surface area contributed by atoms with E-state index >= 15 is 0 Å². The largest absolute Gasteiger partial charge is 0.492 e. The number of ether oxygens (including phenoxy) is 5. The van der Waals surface area contributed by atoms with Crippen LogP contribution in [-0.4, -0.2) is 90.8 Å². The first-order valence-electron chi connectivity index (χ1n) is 11.7. The molecule has 3 aromatic rings. The molecule has 1 aromatic carbocycles. The van der Waals surface area contributed by atoms with Gasteiger partial charge in [0.15, 0.2) is 11.8 Å². The molecule has 3 fully saturated rings. The van der Waals surface area contributed by atoms with Crippen LogP contribution >= 0.6 is 11.6 Å². The van der Waals surface area contributed by atoms with Crippen molar-refractivity contribution in [1.29, 1.82) is 0 Å². The van der Waals surface area contributed by atoms with Gasteiger partial charge in [-0.25, -0.2) is 4.98 Å². The maximum Gasteiger partial charge on any atom is 0.296 e. The molecule has 3 aliphatic heterocycles. The number of aromatic amines is 1. The number of hydrogen-bond donors (Lipinski definition) is 1. The fraction of sp³-hybridized carbons (Fsp3) is 0.500.